The minimum Gasteiger partial charge on any atom is -0.469 e. The Morgan fingerprint density at radius 2 is 1.78 bits per heavy atom. The molecular weight excluding hydrogens is 422 g/mol. The first-order valence-electron chi connectivity index (χ1n) is 10.8. The lowest BCUT2D eigenvalue weighted by molar-refractivity contribution is -0.145. The number of aryl methyl sites for hydroxylation is 1. The molecule has 5 nitrogen and oxygen atoms in total. The fraction of sp³-hybridized carbons (Fsp3) is 0.346. The van der Waals surface area contributed by atoms with E-state index in [2.05, 4.69) is 31.7 Å². The number of hydrogen-bond acceptors (Lipinski definition) is 4. The maximum atomic E-state index is 13.3. The first-order chi connectivity index (χ1) is 15.3. The van der Waals surface area contributed by atoms with Crippen LogP contribution in [0.4, 0.5) is 0 Å². The first-order valence-corrected chi connectivity index (χ1v) is 12.2. The molecular formula is C26H31NO4S. The van der Waals surface area contributed by atoms with E-state index in [0.29, 0.717) is 6.54 Å². The van der Waals surface area contributed by atoms with Crippen molar-refractivity contribution in [2.75, 3.05) is 20.2 Å². The van der Waals surface area contributed by atoms with Crippen molar-refractivity contribution in [1.82, 2.24) is 4.31 Å². The largest absolute Gasteiger partial charge is 0.469 e. The number of sulfonamides is 1. The Balaban J connectivity index is 1.90. The second-order valence-corrected chi connectivity index (χ2v) is 10.3. The average Bonchev–Trinajstić information content (AvgIpc) is 3.23. The summed E-state index contributed by atoms with van der Waals surface area (Å²) >= 11 is 0. The van der Waals surface area contributed by atoms with Gasteiger partial charge in [0.2, 0.25) is 10.0 Å². The minimum absolute atomic E-state index is 0.136. The van der Waals surface area contributed by atoms with Gasteiger partial charge in [0, 0.05) is 13.1 Å². The first kappa shape index (κ1) is 24.0. The van der Waals surface area contributed by atoms with Gasteiger partial charge in [0.25, 0.3) is 0 Å². The zero-order valence-electron chi connectivity index (χ0n) is 18.8. The molecule has 0 bridgehead atoms. The zero-order chi connectivity index (χ0) is 23.3. The Morgan fingerprint density at radius 3 is 2.38 bits per heavy atom. The molecule has 6 heteroatoms. The van der Waals surface area contributed by atoms with Crippen LogP contribution in [0.25, 0.3) is 0 Å². The van der Waals surface area contributed by atoms with Crippen molar-refractivity contribution < 1.29 is 17.9 Å². The molecule has 0 aromatic heterocycles. The number of nitrogens with zero attached hydrogens (tertiary/aromatic N) is 1. The van der Waals surface area contributed by atoms with Gasteiger partial charge in [-0.05, 0) is 42.4 Å². The maximum Gasteiger partial charge on any atom is 0.312 e. The highest BCUT2D eigenvalue weighted by atomic mass is 32.2. The number of hydrogen-bond donors (Lipinski definition) is 0. The summed E-state index contributed by atoms with van der Waals surface area (Å²) in [7, 11) is -2.33. The molecule has 170 valence electrons. The summed E-state index contributed by atoms with van der Waals surface area (Å²) in [6, 6.07) is 17.0. The van der Waals surface area contributed by atoms with Crippen LogP contribution in [0.5, 0.6) is 0 Å². The summed E-state index contributed by atoms with van der Waals surface area (Å²) in [6.45, 7) is 8.37. The number of allylic oxidation sites excluding steroid dienone is 1. The number of ether oxygens (including phenoxy) is 1. The second-order valence-electron chi connectivity index (χ2n) is 8.33. The van der Waals surface area contributed by atoms with E-state index in [1.165, 1.54) is 17.0 Å². The van der Waals surface area contributed by atoms with E-state index in [0.717, 1.165) is 5.56 Å². The Morgan fingerprint density at radius 1 is 1.12 bits per heavy atom. The summed E-state index contributed by atoms with van der Waals surface area (Å²) < 4.78 is 33.1. The summed E-state index contributed by atoms with van der Waals surface area (Å²) in [4.78, 5) is 12.7. The van der Waals surface area contributed by atoms with Gasteiger partial charge in [0.05, 0.1) is 17.9 Å². The van der Waals surface area contributed by atoms with E-state index in [4.69, 9.17) is 4.74 Å². The van der Waals surface area contributed by atoms with E-state index < -0.39 is 21.9 Å². The van der Waals surface area contributed by atoms with Gasteiger partial charge < -0.3 is 4.74 Å². The fourth-order valence-electron chi connectivity index (χ4n) is 4.21. The van der Waals surface area contributed by atoms with Gasteiger partial charge in [-0.3, -0.25) is 4.79 Å². The Kier molecular flexibility index (Phi) is 7.69. The molecule has 2 aromatic carbocycles. The highest BCUT2D eigenvalue weighted by Crippen LogP contribution is 2.36. The third-order valence-electron chi connectivity index (χ3n) is 6.20. The van der Waals surface area contributed by atoms with Crippen LogP contribution in [0, 0.1) is 24.7 Å². The van der Waals surface area contributed by atoms with Gasteiger partial charge in [-0.15, -0.1) is 6.58 Å². The number of rotatable bonds is 8. The highest BCUT2D eigenvalue weighted by Gasteiger charge is 2.43. The van der Waals surface area contributed by atoms with Crippen molar-refractivity contribution in [3.63, 3.8) is 0 Å². The Labute approximate surface area is 191 Å². The topological polar surface area (TPSA) is 63.7 Å². The summed E-state index contributed by atoms with van der Waals surface area (Å²) in [5, 5.41) is 0. The smallest absolute Gasteiger partial charge is 0.312 e. The third-order valence-corrected chi connectivity index (χ3v) is 8.04. The Hall–Kier alpha value is -2.70. The van der Waals surface area contributed by atoms with E-state index >= 15 is 0 Å². The number of benzene rings is 2. The van der Waals surface area contributed by atoms with E-state index in [-0.39, 0.29) is 29.2 Å². The average molecular weight is 454 g/mol. The third kappa shape index (κ3) is 5.19. The van der Waals surface area contributed by atoms with Gasteiger partial charge >= 0.3 is 5.97 Å². The molecule has 0 aliphatic carbocycles. The molecule has 3 rings (SSSR count). The zero-order valence-corrected chi connectivity index (χ0v) is 19.7. The predicted molar refractivity (Wildman–Crippen MR) is 127 cm³/mol. The number of esters is 1. The standard InChI is InChI=1S/C26H31NO4S/c1-5-24(26(28)31-4)25-18-27(32(29,30)23-15-11-19(2)12-16-23)17-22(25)14-13-20(3)21-9-7-6-8-10-21/h5-16,20,22,24-25H,1,17-18H2,2-4H3/t20-,22-,24-,25-/m0/s1. The van der Waals surface area contributed by atoms with Crippen LogP contribution in [0.3, 0.4) is 0 Å². The van der Waals surface area contributed by atoms with Crippen molar-refractivity contribution in [3.05, 3.63) is 90.5 Å². The number of carbonyl (C=O) groups excluding carboxylic acids is 1. The number of carbonyl (C=O) groups is 1. The molecule has 0 unspecified atom stereocenters. The lowest BCUT2D eigenvalue weighted by Gasteiger charge is -2.22. The summed E-state index contributed by atoms with van der Waals surface area (Å²) in [6.07, 6.45) is 5.71. The molecule has 0 radical (unpaired) electrons. The summed E-state index contributed by atoms with van der Waals surface area (Å²) in [5.41, 5.74) is 2.17. The van der Waals surface area contributed by atoms with Crippen LogP contribution in [0.15, 0.2) is 84.3 Å². The highest BCUT2D eigenvalue weighted by molar-refractivity contribution is 7.89. The molecule has 0 saturated carbocycles. The normalized spacial score (nSPS) is 21.3. The Bertz CT molecular complexity index is 1060. The van der Waals surface area contributed by atoms with Crippen LogP contribution < -0.4 is 0 Å². The number of methoxy groups -OCH3 is 1. The van der Waals surface area contributed by atoms with Gasteiger partial charge in [-0.25, -0.2) is 8.42 Å². The predicted octanol–water partition coefficient (Wildman–Crippen LogP) is 4.57. The lowest BCUT2D eigenvalue weighted by atomic mass is 9.83. The molecule has 1 aliphatic rings. The minimum atomic E-state index is -3.67. The monoisotopic (exact) mass is 453 g/mol. The molecule has 1 saturated heterocycles. The SMILES string of the molecule is C=C[C@H](C(=O)OC)[C@H]1CN(S(=O)(=O)c2ccc(C)cc2)C[C@@H]1C=C[C@H](C)c1ccccc1. The van der Waals surface area contributed by atoms with Crippen molar-refractivity contribution >= 4 is 16.0 Å². The van der Waals surface area contributed by atoms with Crippen molar-refractivity contribution in [3.8, 4) is 0 Å². The van der Waals surface area contributed by atoms with Crippen LogP contribution in [0.2, 0.25) is 0 Å². The molecule has 32 heavy (non-hydrogen) atoms. The van der Waals surface area contributed by atoms with Crippen LogP contribution in [-0.2, 0) is 19.6 Å². The van der Waals surface area contributed by atoms with Crippen LogP contribution in [0.1, 0.15) is 24.0 Å². The van der Waals surface area contributed by atoms with Gasteiger partial charge in [-0.2, -0.15) is 4.31 Å². The molecule has 1 heterocycles. The molecule has 0 N–H and O–H groups in total. The van der Waals surface area contributed by atoms with E-state index in [1.54, 1.807) is 30.3 Å². The fourth-order valence-corrected chi connectivity index (χ4v) is 5.73. The van der Waals surface area contributed by atoms with E-state index in [1.807, 2.05) is 31.2 Å². The lowest BCUT2D eigenvalue weighted by Crippen LogP contribution is -2.31. The molecule has 4 atom stereocenters. The van der Waals surface area contributed by atoms with Crippen molar-refractivity contribution in [2.45, 2.75) is 24.7 Å². The van der Waals surface area contributed by atoms with Crippen LogP contribution >= 0.6 is 0 Å². The van der Waals surface area contributed by atoms with Crippen LogP contribution in [-0.4, -0.2) is 38.9 Å². The molecule has 1 aliphatic heterocycles. The quantitative estimate of drug-likeness (QED) is 0.434. The van der Waals surface area contributed by atoms with Gasteiger partial charge in [0.15, 0.2) is 0 Å². The second kappa shape index (κ2) is 10.3. The van der Waals surface area contributed by atoms with Crippen molar-refractivity contribution in [1.29, 1.82) is 0 Å². The van der Waals surface area contributed by atoms with Crippen molar-refractivity contribution in [2.24, 2.45) is 17.8 Å². The van der Waals surface area contributed by atoms with Gasteiger partial charge in [0.1, 0.15) is 0 Å². The van der Waals surface area contributed by atoms with E-state index in [9.17, 15) is 13.2 Å². The summed E-state index contributed by atoms with van der Waals surface area (Å²) in [5.74, 6) is -1.20. The molecule has 0 spiro atoms. The molecule has 2 aromatic rings. The maximum absolute atomic E-state index is 13.3. The molecule has 0 amide bonds. The molecule has 1 fully saturated rings. The van der Waals surface area contributed by atoms with Gasteiger partial charge in [-0.1, -0.05) is 73.2 Å².